The van der Waals surface area contributed by atoms with Gasteiger partial charge in [-0.05, 0) is 57.0 Å². The van der Waals surface area contributed by atoms with Gasteiger partial charge in [-0.15, -0.1) is 12.4 Å². The van der Waals surface area contributed by atoms with Crippen LogP contribution in [0.1, 0.15) is 32.1 Å². The van der Waals surface area contributed by atoms with E-state index in [4.69, 9.17) is 0 Å². The molecule has 0 aromatic carbocycles. The molecule has 1 saturated carbocycles. The number of hydrogen-bond donors (Lipinski definition) is 1. The molecule has 1 atom stereocenters. The van der Waals surface area contributed by atoms with E-state index < -0.39 is 0 Å². The first-order valence-electron chi connectivity index (χ1n) is 4.67. The van der Waals surface area contributed by atoms with E-state index in [0.717, 1.165) is 11.8 Å². The van der Waals surface area contributed by atoms with Gasteiger partial charge in [0.2, 0.25) is 0 Å². The second-order valence-electron chi connectivity index (χ2n) is 3.78. The molecule has 1 saturated heterocycles. The summed E-state index contributed by atoms with van der Waals surface area (Å²) in [5, 5.41) is 3.46. The molecular weight excluding hydrogens is 158 g/mol. The van der Waals surface area contributed by atoms with E-state index in [0.29, 0.717) is 0 Å². The van der Waals surface area contributed by atoms with Crippen LogP contribution >= 0.6 is 12.4 Å². The molecule has 11 heavy (non-hydrogen) atoms. The van der Waals surface area contributed by atoms with Gasteiger partial charge in [-0.25, -0.2) is 0 Å². The Bertz CT molecular complexity index is 104. The Labute approximate surface area is 75.4 Å². The van der Waals surface area contributed by atoms with E-state index in [2.05, 4.69) is 5.32 Å². The van der Waals surface area contributed by atoms with Crippen molar-refractivity contribution in [2.45, 2.75) is 32.1 Å². The third-order valence-corrected chi connectivity index (χ3v) is 2.91. The van der Waals surface area contributed by atoms with Crippen LogP contribution in [0.25, 0.3) is 0 Å². The third-order valence-electron chi connectivity index (χ3n) is 2.91. The maximum atomic E-state index is 3.46. The second kappa shape index (κ2) is 4.32. The van der Waals surface area contributed by atoms with Crippen LogP contribution in [0, 0.1) is 11.8 Å². The van der Waals surface area contributed by atoms with Crippen molar-refractivity contribution in [2.75, 3.05) is 13.1 Å². The zero-order chi connectivity index (χ0) is 6.81. The van der Waals surface area contributed by atoms with Crippen LogP contribution in [0.3, 0.4) is 0 Å². The lowest BCUT2D eigenvalue weighted by molar-refractivity contribution is 0.417. The van der Waals surface area contributed by atoms with Gasteiger partial charge in [-0.2, -0.15) is 0 Å². The smallest absolute Gasteiger partial charge is 0.00462 e. The average molecular weight is 176 g/mol. The van der Waals surface area contributed by atoms with E-state index in [9.17, 15) is 0 Å². The van der Waals surface area contributed by atoms with E-state index >= 15 is 0 Å². The summed E-state index contributed by atoms with van der Waals surface area (Å²) in [5.41, 5.74) is 0. The van der Waals surface area contributed by atoms with Crippen molar-refractivity contribution in [3.63, 3.8) is 0 Å². The third kappa shape index (κ3) is 2.64. The molecule has 0 amide bonds. The number of halogens is 1. The zero-order valence-corrected chi connectivity index (χ0v) is 7.83. The zero-order valence-electron chi connectivity index (χ0n) is 7.01. The van der Waals surface area contributed by atoms with Crippen LogP contribution in [-0.2, 0) is 0 Å². The van der Waals surface area contributed by atoms with Crippen molar-refractivity contribution in [1.29, 1.82) is 0 Å². The van der Waals surface area contributed by atoms with Gasteiger partial charge in [0.15, 0.2) is 0 Å². The van der Waals surface area contributed by atoms with Crippen LogP contribution in [-0.4, -0.2) is 13.1 Å². The van der Waals surface area contributed by atoms with Crippen LogP contribution in [0.5, 0.6) is 0 Å². The quantitative estimate of drug-likeness (QED) is 0.645. The lowest BCUT2D eigenvalue weighted by Crippen LogP contribution is -2.14. The highest BCUT2D eigenvalue weighted by atomic mass is 35.5. The van der Waals surface area contributed by atoms with Crippen molar-refractivity contribution >= 4 is 12.4 Å². The highest BCUT2D eigenvalue weighted by Crippen LogP contribution is 2.40. The molecule has 1 aliphatic carbocycles. The predicted octanol–water partition coefficient (Wildman–Crippen LogP) is 2.21. The first-order chi connectivity index (χ1) is 4.97. The van der Waals surface area contributed by atoms with Crippen LogP contribution in [0.4, 0.5) is 0 Å². The molecule has 1 heterocycles. The number of nitrogens with one attached hydrogen (secondary N) is 1. The van der Waals surface area contributed by atoms with Gasteiger partial charge in [0.25, 0.3) is 0 Å². The Morgan fingerprint density at radius 2 is 1.55 bits per heavy atom. The summed E-state index contributed by atoms with van der Waals surface area (Å²) in [5.74, 6) is 2.23. The van der Waals surface area contributed by atoms with Crippen molar-refractivity contribution in [3.8, 4) is 0 Å². The molecule has 0 radical (unpaired) electrons. The molecule has 1 nitrogen and oxygen atoms in total. The minimum Gasteiger partial charge on any atom is -0.317 e. The van der Waals surface area contributed by atoms with E-state index in [-0.39, 0.29) is 12.4 Å². The summed E-state index contributed by atoms with van der Waals surface area (Å²) < 4.78 is 0. The summed E-state index contributed by atoms with van der Waals surface area (Å²) in [4.78, 5) is 0. The topological polar surface area (TPSA) is 12.0 Å². The Kier molecular flexibility index (Phi) is 3.67. The second-order valence-corrected chi connectivity index (χ2v) is 3.78. The molecule has 0 aromatic heterocycles. The van der Waals surface area contributed by atoms with Gasteiger partial charge in [-0.3, -0.25) is 0 Å². The minimum absolute atomic E-state index is 0. The van der Waals surface area contributed by atoms with Gasteiger partial charge >= 0.3 is 0 Å². The van der Waals surface area contributed by atoms with Gasteiger partial charge in [-0.1, -0.05) is 0 Å². The maximum Gasteiger partial charge on any atom is -0.00462 e. The van der Waals surface area contributed by atoms with Gasteiger partial charge in [0.1, 0.15) is 0 Å². The Balaban J connectivity index is 0.000000605. The lowest BCUT2D eigenvalue weighted by atomic mass is 9.96. The SMILES string of the molecule is C1CNCCC(C2CC2)C1.Cl. The van der Waals surface area contributed by atoms with Crippen molar-refractivity contribution in [1.82, 2.24) is 5.32 Å². The highest BCUT2D eigenvalue weighted by molar-refractivity contribution is 5.85. The van der Waals surface area contributed by atoms with Crippen molar-refractivity contribution in [2.24, 2.45) is 11.8 Å². The molecule has 0 aromatic rings. The predicted molar refractivity (Wildman–Crippen MR) is 50.2 cm³/mol. The first kappa shape index (κ1) is 9.34. The average Bonchev–Trinajstić information content (AvgIpc) is 2.76. The fraction of sp³-hybridized carbons (Fsp3) is 1.00. The Hall–Kier alpha value is 0.250. The van der Waals surface area contributed by atoms with Crippen molar-refractivity contribution in [3.05, 3.63) is 0 Å². The molecule has 1 N–H and O–H groups in total. The van der Waals surface area contributed by atoms with E-state index in [1.54, 1.807) is 0 Å². The fourth-order valence-corrected chi connectivity index (χ4v) is 2.09. The molecule has 2 fully saturated rings. The largest absolute Gasteiger partial charge is 0.317 e. The molecule has 1 unspecified atom stereocenters. The van der Waals surface area contributed by atoms with E-state index in [1.807, 2.05) is 0 Å². The summed E-state index contributed by atoms with van der Waals surface area (Å²) >= 11 is 0. The number of rotatable bonds is 1. The summed E-state index contributed by atoms with van der Waals surface area (Å²) in [7, 11) is 0. The monoisotopic (exact) mass is 175 g/mol. The first-order valence-corrected chi connectivity index (χ1v) is 4.67. The van der Waals surface area contributed by atoms with E-state index in [1.165, 1.54) is 45.2 Å². The Morgan fingerprint density at radius 1 is 0.818 bits per heavy atom. The van der Waals surface area contributed by atoms with Crippen LogP contribution < -0.4 is 5.32 Å². The molecule has 2 rings (SSSR count). The molecule has 0 bridgehead atoms. The minimum atomic E-state index is 0. The normalized spacial score (nSPS) is 32.2. The van der Waals surface area contributed by atoms with Gasteiger partial charge in [0, 0.05) is 0 Å². The molecule has 1 aliphatic heterocycles. The standard InChI is InChI=1S/C9H17N.ClH/c1-2-8(9-3-4-9)5-7-10-6-1;/h8-10H,1-7H2;1H. The summed E-state index contributed by atoms with van der Waals surface area (Å²) in [6, 6.07) is 0. The summed E-state index contributed by atoms with van der Waals surface area (Å²) in [6.07, 6.45) is 7.43. The molecule has 0 spiro atoms. The Morgan fingerprint density at radius 3 is 2.27 bits per heavy atom. The van der Waals surface area contributed by atoms with Crippen LogP contribution in [0.2, 0.25) is 0 Å². The maximum absolute atomic E-state index is 3.46. The molecule has 66 valence electrons. The molecule has 2 aliphatic rings. The van der Waals surface area contributed by atoms with Gasteiger partial charge in [0.05, 0.1) is 0 Å². The van der Waals surface area contributed by atoms with Crippen molar-refractivity contribution < 1.29 is 0 Å². The fourth-order valence-electron chi connectivity index (χ4n) is 2.09. The highest BCUT2D eigenvalue weighted by Gasteiger charge is 2.30. The number of hydrogen-bond acceptors (Lipinski definition) is 1. The van der Waals surface area contributed by atoms with Crippen LogP contribution in [0.15, 0.2) is 0 Å². The van der Waals surface area contributed by atoms with Gasteiger partial charge < -0.3 is 5.32 Å². The molecule has 2 heteroatoms. The summed E-state index contributed by atoms with van der Waals surface area (Å²) in [6.45, 7) is 2.55. The lowest BCUT2D eigenvalue weighted by Gasteiger charge is -2.10. The molecular formula is C9H18ClN.